The molecule has 1 aromatic rings. The summed E-state index contributed by atoms with van der Waals surface area (Å²) in [6.45, 7) is 10.4. The van der Waals surface area contributed by atoms with Gasteiger partial charge in [-0.3, -0.25) is 14.4 Å². The van der Waals surface area contributed by atoms with Crippen LogP contribution in [0.5, 0.6) is 0 Å². The van der Waals surface area contributed by atoms with Gasteiger partial charge in [0.2, 0.25) is 11.8 Å². The zero-order valence-electron chi connectivity index (χ0n) is 17.1. The van der Waals surface area contributed by atoms with E-state index in [2.05, 4.69) is 38.5 Å². The number of ether oxygens (including phenoxy) is 1. The van der Waals surface area contributed by atoms with Gasteiger partial charge in [0.05, 0.1) is 20.0 Å². The summed E-state index contributed by atoms with van der Waals surface area (Å²) >= 11 is 0. The van der Waals surface area contributed by atoms with E-state index in [1.54, 1.807) is 4.90 Å². The summed E-state index contributed by atoms with van der Waals surface area (Å²) in [5.74, 6) is -0.335. The third-order valence-corrected chi connectivity index (χ3v) is 5.61. The van der Waals surface area contributed by atoms with E-state index in [0.717, 1.165) is 5.56 Å². The van der Waals surface area contributed by atoms with Gasteiger partial charge in [0, 0.05) is 32.6 Å². The fourth-order valence-electron chi connectivity index (χ4n) is 3.50. The van der Waals surface area contributed by atoms with Crippen molar-refractivity contribution in [1.82, 2.24) is 9.80 Å². The summed E-state index contributed by atoms with van der Waals surface area (Å²) < 4.78 is 4.57. The lowest BCUT2D eigenvalue weighted by atomic mass is 9.92. The van der Waals surface area contributed by atoms with Crippen LogP contribution in [0.2, 0.25) is 0 Å². The van der Waals surface area contributed by atoms with E-state index in [0.29, 0.717) is 32.6 Å². The van der Waals surface area contributed by atoms with Crippen LogP contribution < -0.4 is 0 Å². The summed E-state index contributed by atoms with van der Waals surface area (Å²) in [7, 11) is 1.32. The van der Waals surface area contributed by atoms with Crippen LogP contribution in [0.25, 0.3) is 0 Å². The largest absolute Gasteiger partial charge is 0.469 e. The van der Waals surface area contributed by atoms with Gasteiger partial charge < -0.3 is 14.5 Å². The lowest BCUT2D eigenvalue weighted by Crippen LogP contribution is -2.51. The van der Waals surface area contributed by atoms with Crippen LogP contribution in [0, 0.1) is 27.7 Å². The molecular formula is C21H30N2O4. The summed E-state index contributed by atoms with van der Waals surface area (Å²) in [6, 6.07) is 2.16. The van der Waals surface area contributed by atoms with E-state index in [1.807, 2.05) is 4.90 Å². The summed E-state index contributed by atoms with van der Waals surface area (Å²) in [4.78, 5) is 39.7. The van der Waals surface area contributed by atoms with Gasteiger partial charge in [-0.1, -0.05) is 6.07 Å². The number of carbonyl (C=O) groups is 3. The zero-order valence-corrected chi connectivity index (χ0v) is 17.1. The lowest BCUT2D eigenvalue weighted by molar-refractivity contribution is -0.144. The van der Waals surface area contributed by atoms with E-state index in [4.69, 9.17) is 0 Å². The Balaban J connectivity index is 1.92. The Morgan fingerprint density at radius 3 is 1.81 bits per heavy atom. The van der Waals surface area contributed by atoms with E-state index < -0.39 is 0 Å². The number of rotatable bonds is 5. The number of hydrogen-bond donors (Lipinski definition) is 0. The average molecular weight is 374 g/mol. The van der Waals surface area contributed by atoms with E-state index >= 15 is 0 Å². The SMILES string of the molecule is COC(=O)CCC(=O)N1CCN(C(=O)Cc2c(C)c(C)cc(C)c2C)CC1. The Hall–Kier alpha value is -2.37. The molecule has 1 aliphatic rings. The molecule has 0 saturated carbocycles. The van der Waals surface area contributed by atoms with E-state index in [-0.39, 0.29) is 30.6 Å². The molecule has 2 rings (SSSR count). The molecule has 2 amide bonds. The normalized spacial score (nSPS) is 14.3. The molecule has 6 heteroatoms. The summed E-state index contributed by atoms with van der Waals surface area (Å²) in [5, 5.41) is 0. The quantitative estimate of drug-likeness (QED) is 0.740. The highest BCUT2D eigenvalue weighted by Gasteiger charge is 2.25. The van der Waals surface area contributed by atoms with Crippen molar-refractivity contribution < 1.29 is 19.1 Å². The molecule has 0 aliphatic carbocycles. The highest BCUT2D eigenvalue weighted by atomic mass is 16.5. The van der Waals surface area contributed by atoms with Crippen LogP contribution in [0.1, 0.15) is 40.7 Å². The third kappa shape index (κ3) is 5.08. The molecular weight excluding hydrogens is 344 g/mol. The minimum atomic E-state index is -0.378. The van der Waals surface area contributed by atoms with Gasteiger partial charge in [0.1, 0.15) is 0 Å². The van der Waals surface area contributed by atoms with Gasteiger partial charge in [0.15, 0.2) is 0 Å². The maximum Gasteiger partial charge on any atom is 0.306 e. The zero-order chi connectivity index (χ0) is 20.1. The van der Waals surface area contributed by atoms with Crippen molar-refractivity contribution in [1.29, 1.82) is 0 Å². The summed E-state index contributed by atoms with van der Waals surface area (Å²) in [5.41, 5.74) is 5.91. The maximum atomic E-state index is 12.8. The minimum absolute atomic E-state index is 0.0616. The van der Waals surface area contributed by atoms with Crippen LogP contribution in [-0.2, 0) is 25.5 Å². The summed E-state index contributed by atoms with van der Waals surface area (Å²) in [6.07, 6.45) is 0.651. The fraction of sp³-hybridized carbons (Fsp3) is 0.571. The number of esters is 1. The first-order valence-electron chi connectivity index (χ1n) is 9.43. The van der Waals surface area contributed by atoms with Crippen molar-refractivity contribution in [3.8, 4) is 0 Å². The molecule has 0 bridgehead atoms. The van der Waals surface area contributed by atoms with E-state index in [1.165, 1.54) is 29.4 Å². The van der Waals surface area contributed by atoms with Gasteiger partial charge in [-0.2, -0.15) is 0 Å². The first-order chi connectivity index (χ1) is 12.7. The van der Waals surface area contributed by atoms with Gasteiger partial charge in [-0.15, -0.1) is 0 Å². The molecule has 27 heavy (non-hydrogen) atoms. The van der Waals surface area contributed by atoms with Crippen molar-refractivity contribution in [2.75, 3.05) is 33.3 Å². The highest BCUT2D eigenvalue weighted by molar-refractivity contribution is 5.82. The second-order valence-corrected chi connectivity index (χ2v) is 7.25. The van der Waals surface area contributed by atoms with Crippen LogP contribution in [0.3, 0.4) is 0 Å². The number of methoxy groups -OCH3 is 1. The van der Waals surface area contributed by atoms with Crippen molar-refractivity contribution in [3.05, 3.63) is 33.9 Å². The molecule has 148 valence electrons. The standard InChI is InChI=1S/C21H30N2O4/c1-14-12-15(2)17(4)18(16(14)3)13-20(25)23-10-8-22(9-11-23)19(24)6-7-21(26)27-5/h12H,6-11,13H2,1-5H3. The molecule has 1 saturated heterocycles. The number of piperazine rings is 1. The molecule has 0 atom stereocenters. The smallest absolute Gasteiger partial charge is 0.306 e. The van der Waals surface area contributed by atoms with Gasteiger partial charge in [-0.05, 0) is 55.5 Å². The number of amides is 2. The van der Waals surface area contributed by atoms with Gasteiger partial charge in [0.25, 0.3) is 0 Å². The number of benzene rings is 1. The van der Waals surface area contributed by atoms with Crippen LogP contribution in [0.15, 0.2) is 6.07 Å². The van der Waals surface area contributed by atoms with E-state index in [9.17, 15) is 14.4 Å². The second kappa shape index (κ2) is 9.02. The number of hydrogen-bond acceptors (Lipinski definition) is 4. The highest BCUT2D eigenvalue weighted by Crippen LogP contribution is 2.23. The third-order valence-electron chi connectivity index (χ3n) is 5.61. The number of aryl methyl sites for hydroxylation is 2. The molecule has 0 aromatic heterocycles. The molecule has 6 nitrogen and oxygen atoms in total. The van der Waals surface area contributed by atoms with Crippen LogP contribution in [-0.4, -0.2) is 60.9 Å². The van der Waals surface area contributed by atoms with Crippen molar-refractivity contribution >= 4 is 17.8 Å². The predicted octanol–water partition coefficient (Wildman–Crippen LogP) is 2.09. The van der Waals surface area contributed by atoms with Crippen molar-refractivity contribution in [2.24, 2.45) is 0 Å². The Bertz CT molecular complexity index is 708. The predicted molar refractivity (Wildman–Crippen MR) is 104 cm³/mol. The maximum absolute atomic E-state index is 12.8. The average Bonchev–Trinajstić information content (AvgIpc) is 2.67. The molecule has 0 unspecified atom stereocenters. The van der Waals surface area contributed by atoms with Gasteiger partial charge in [-0.25, -0.2) is 0 Å². The van der Waals surface area contributed by atoms with Crippen LogP contribution in [0.4, 0.5) is 0 Å². The molecule has 0 N–H and O–H groups in total. The monoisotopic (exact) mass is 374 g/mol. The van der Waals surface area contributed by atoms with Gasteiger partial charge >= 0.3 is 5.97 Å². The Labute approximate surface area is 161 Å². The van der Waals surface area contributed by atoms with Crippen molar-refractivity contribution in [3.63, 3.8) is 0 Å². The molecule has 1 aromatic carbocycles. The lowest BCUT2D eigenvalue weighted by Gasteiger charge is -2.35. The molecule has 0 spiro atoms. The topological polar surface area (TPSA) is 66.9 Å². The molecule has 1 heterocycles. The Morgan fingerprint density at radius 1 is 0.852 bits per heavy atom. The number of carbonyl (C=O) groups excluding carboxylic acids is 3. The molecule has 0 radical (unpaired) electrons. The molecule has 1 fully saturated rings. The number of nitrogens with zero attached hydrogens (tertiary/aromatic N) is 2. The molecule has 1 aliphatic heterocycles. The first-order valence-corrected chi connectivity index (χ1v) is 9.43. The van der Waals surface area contributed by atoms with Crippen molar-refractivity contribution in [2.45, 2.75) is 47.0 Å². The fourth-order valence-corrected chi connectivity index (χ4v) is 3.50. The minimum Gasteiger partial charge on any atom is -0.469 e. The Morgan fingerprint density at radius 2 is 1.33 bits per heavy atom. The second-order valence-electron chi connectivity index (χ2n) is 7.25. The van der Waals surface area contributed by atoms with Crippen LogP contribution >= 0.6 is 0 Å². The Kier molecular flexibility index (Phi) is 6.99. The first kappa shape index (κ1) is 20.9.